The Kier molecular flexibility index (Phi) is 5.24. The molecule has 0 bridgehead atoms. The van der Waals surface area contributed by atoms with Crippen LogP contribution in [0.3, 0.4) is 0 Å². The lowest BCUT2D eigenvalue weighted by Gasteiger charge is -2.09. The van der Waals surface area contributed by atoms with Crippen LogP contribution in [-0.2, 0) is 0 Å². The van der Waals surface area contributed by atoms with Gasteiger partial charge in [0, 0.05) is 42.4 Å². The van der Waals surface area contributed by atoms with Crippen molar-refractivity contribution < 1.29 is 4.42 Å². The summed E-state index contributed by atoms with van der Waals surface area (Å²) >= 11 is 1.74. The van der Waals surface area contributed by atoms with E-state index >= 15 is 0 Å². The maximum absolute atomic E-state index is 6.23. The fraction of sp³-hybridized carbons (Fsp3) is 0. The van der Waals surface area contributed by atoms with Crippen molar-refractivity contribution in [1.29, 1.82) is 0 Å². The summed E-state index contributed by atoms with van der Waals surface area (Å²) in [5, 5.41) is 2.20. The summed E-state index contributed by atoms with van der Waals surface area (Å²) < 4.78 is 8.53. The highest BCUT2D eigenvalue weighted by molar-refractivity contribution is 7.26. The summed E-state index contributed by atoms with van der Waals surface area (Å²) in [6, 6.07) is 40.6. The highest BCUT2D eigenvalue weighted by atomic mass is 32.1. The maximum Gasteiger partial charge on any atom is 0.227 e. The molecule has 188 valence electrons. The number of oxazole rings is 1. The molecule has 0 N–H and O–H groups in total. The highest BCUT2D eigenvalue weighted by Crippen LogP contribution is 2.41. The van der Waals surface area contributed by atoms with Gasteiger partial charge in [0.1, 0.15) is 5.52 Å². The molecule has 5 aromatic carbocycles. The molecule has 0 aliphatic rings. The van der Waals surface area contributed by atoms with Gasteiger partial charge < -0.3 is 4.42 Å². The van der Waals surface area contributed by atoms with Gasteiger partial charge >= 0.3 is 0 Å². The van der Waals surface area contributed by atoms with E-state index in [1.54, 1.807) is 11.3 Å². The van der Waals surface area contributed by atoms with Crippen LogP contribution < -0.4 is 0 Å². The van der Waals surface area contributed by atoms with Gasteiger partial charge in [-0.1, -0.05) is 91.0 Å². The number of nitrogens with zero attached hydrogens (tertiary/aromatic N) is 4. The van der Waals surface area contributed by atoms with Crippen LogP contribution in [0.2, 0.25) is 0 Å². The molecule has 8 aromatic rings. The third-order valence-electron chi connectivity index (χ3n) is 6.97. The monoisotopic (exact) mass is 532 g/mol. The minimum atomic E-state index is 0.621. The minimum absolute atomic E-state index is 0.621. The van der Waals surface area contributed by atoms with Crippen molar-refractivity contribution in [2.75, 3.05) is 0 Å². The number of hydrogen-bond donors (Lipinski definition) is 0. The Labute approximate surface area is 233 Å². The van der Waals surface area contributed by atoms with Crippen LogP contribution in [0.15, 0.2) is 126 Å². The predicted molar refractivity (Wildman–Crippen MR) is 162 cm³/mol. The van der Waals surface area contributed by atoms with Gasteiger partial charge in [0.05, 0.1) is 0 Å². The molecule has 0 radical (unpaired) electrons. The molecule has 0 aliphatic carbocycles. The third-order valence-corrected chi connectivity index (χ3v) is 8.08. The Morgan fingerprint density at radius 1 is 0.500 bits per heavy atom. The Morgan fingerprint density at radius 2 is 1.10 bits per heavy atom. The van der Waals surface area contributed by atoms with Crippen molar-refractivity contribution in [2.45, 2.75) is 0 Å². The number of benzene rings is 5. The number of hydrogen-bond acceptors (Lipinski definition) is 6. The second kappa shape index (κ2) is 9.22. The topological polar surface area (TPSA) is 64.7 Å². The van der Waals surface area contributed by atoms with Gasteiger partial charge in [-0.2, -0.15) is 0 Å². The maximum atomic E-state index is 6.23. The van der Waals surface area contributed by atoms with E-state index in [-0.39, 0.29) is 0 Å². The average molecular weight is 533 g/mol. The van der Waals surface area contributed by atoms with E-state index in [1.807, 2.05) is 91.0 Å². The molecule has 3 heterocycles. The number of fused-ring (bicyclic) bond motifs is 4. The first-order valence-corrected chi connectivity index (χ1v) is 13.8. The molecule has 8 rings (SSSR count). The van der Waals surface area contributed by atoms with Gasteiger partial charge in [-0.25, -0.2) is 19.9 Å². The predicted octanol–water partition coefficient (Wildman–Crippen LogP) is 9.05. The average Bonchev–Trinajstić information content (AvgIpc) is 3.61. The van der Waals surface area contributed by atoms with E-state index in [0.717, 1.165) is 53.5 Å². The van der Waals surface area contributed by atoms with Crippen LogP contribution >= 0.6 is 11.3 Å². The fourth-order valence-corrected chi connectivity index (χ4v) is 6.21. The molecule has 6 heteroatoms. The third kappa shape index (κ3) is 3.85. The molecule has 0 unspecified atom stereocenters. The van der Waals surface area contributed by atoms with Gasteiger partial charge in [0.25, 0.3) is 0 Å². The zero-order chi connectivity index (χ0) is 26.5. The summed E-state index contributed by atoms with van der Waals surface area (Å²) in [5.41, 5.74) is 5.41. The quantitative estimate of drug-likeness (QED) is 0.226. The molecule has 0 amide bonds. The first kappa shape index (κ1) is 22.8. The molecule has 0 aliphatic heterocycles. The van der Waals surface area contributed by atoms with Crippen LogP contribution in [0.1, 0.15) is 0 Å². The molecule has 0 fully saturated rings. The lowest BCUT2D eigenvalue weighted by atomic mass is 10.0. The van der Waals surface area contributed by atoms with Gasteiger partial charge in [-0.05, 0) is 30.3 Å². The molecule has 3 aromatic heterocycles. The second-order valence-electron chi connectivity index (χ2n) is 9.52. The van der Waals surface area contributed by atoms with Gasteiger partial charge in [-0.15, -0.1) is 11.3 Å². The van der Waals surface area contributed by atoms with Crippen LogP contribution in [0.4, 0.5) is 0 Å². The Hall–Kier alpha value is -5.20. The molecule has 0 atom stereocenters. The summed E-state index contributed by atoms with van der Waals surface area (Å²) in [6.07, 6.45) is 0. The van der Waals surface area contributed by atoms with Crippen molar-refractivity contribution in [2.24, 2.45) is 0 Å². The molecule has 5 nitrogen and oxygen atoms in total. The summed E-state index contributed by atoms with van der Waals surface area (Å²) in [4.78, 5) is 19.6. The van der Waals surface area contributed by atoms with Crippen molar-refractivity contribution in [3.8, 4) is 45.6 Å². The minimum Gasteiger partial charge on any atom is -0.436 e. The zero-order valence-corrected chi connectivity index (χ0v) is 22.0. The highest BCUT2D eigenvalue weighted by Gasteiger charge is 2.18. The van der Waals surface area contributed by atoms with E-state index in [4.69, 9.17) is 24.4 Å². The van der Waals surface area contributed by atoms with E-state index in [2.05, 4.69) is 30.3 Å². The van der Waals surface area contributed by atoms with Gasteiger partial charge in [0.15, 0.2) is 23.1 Å². The van der Waals surface area contributed by atoms with Gasteiger partial charge in [0.2, 0.25) is 5.89 Å². The van der Waals surface area contributed by atoms with E-state index in [0.29, 0.717) is 23.4 Å². The Morgan fingerprint density at radius 3 is 1.75 bits per heavy atom. The van der Waals surface area contributed by atoms with Crippen LogP contribution in [0.5, 0.6) is 0 Å². The molecule has 0 spiro atoms. The summed E-state index contributed by atoms with van der Waals surface area (Å²) in [5.74, 6) is 2.55. The van der Waals surface area contributed by atoms with Crippen LogP contribution in [0.25, 0.3) is 76.9 Å². The molecule has 0 saturated heterocycles. The summed E-state index contributed by atoms with van der Waals surface area (Å²) in [6.45, 7) is 0. The van der Waals surface area contributed by atoms with E-state index in [9.17, 15) is 0 Å². The van der Waals surface area contributed by atoms with Crippen LogP contribution in [0, 0.1) is 0 Å². The molecular formula is C34H20N4OS. The standard InChI is InChI=1S/C34H20N4OS/c1-4-11-21(12-5-1)31-36-32(22-13-6-2-7-14-22)38-33(37-31)24-17-10-18-28-30(24)25-19-27-26(20-29(25)40-28)35-34(39-27)23-15-8-3-9-16-23/h1-20H. The molecular weight excluding hydrogens is 512 g/mol. The van der Waals surface area contributed by atoms with Crippen molar-refractivity contribution in [3.63, 3.8) is 0 Å². The first-order valence-electron chi connectivity index (χ1n) is 13.0. The van der Waals surface area contributed by atoms with E-state index < -0.39 is 0 Å². The molecule has 40 heavy (non-hydrogen) atoms. The number of thiophene rings is 1. The van der Waals surface area contributed by atoms with Crippen molar-refractivity contribution >= 4 is 42.6 Å². The number of aromatic nitrogens is 4. The van der Waals surface area contributed by atoms with E-state index in [1.165, 1.54) is 0 Å². The molecule has 0 saturated carbocycles. The lowest BCUT2D eigenvalue weighted by molar-refractivity contribution is 0.620. The van der Waals surface area contributed by atoms with Crippen molar-refractivity contribution in [1.82, 2.24) is 19.9 Å². The Balaban J connectivity index is 1.36. The fourth-order valence-electron chi connectivity index (χ4n) is 5.07. The zero-order valence-electron chi connectivity index (χ0n) is 21.2. The second-order valence-corrected chi connectivity index (χ2v) is 10.6. The normalized spacial score (nSPS) is 11.5. The SMILES string of the molecule is c1ccc(-c2nc(-c3ccccc3)nc(-c3cccc4sc5cc6nc(-c7ccccc7)oc6cc5c34)n2)cc1. The van der Waals surface area contributed by atoms with Crippen molar-refractivity contribution in [3.05, 3.63) is 121 Å². The summed E-state index contributed by atoms with van der Waals surface area (Å²) in [7, 11) is 0. The number of rotatable bonds is 4. The first-order chi connectivity index (χ1) is 19.8. The smallest absolute Gasteiger partial charge is 0.227 e. The lowest BCUT2D eigenvalue weighted by Crippen LogP contribution is -2.00. The Bertz CT molecular complexity index is 2100. The van der Waals surface area contributed by atoms with Gasteiger partial charge in [-0.3, -0.25) is 0 Å². The largest absolute Gasteiger partial charge is 0.436 e. The van der Waals surface area contributed by atoms with Crippen LogP contribution in [-0.4, -0.2) is 19.9 Å².